The fourth-order valence-corrected chi connectivity index (χ4v) is 2.50. The molecule has 3 aromatic rings. The van der Waals surface area contributed by atoms with Crippen molar-refractivity contribution in [3.8, 4) is 11.4 Å². The monoisotopic (exact) mass is 349 g/mol. The molecule has 0 fully saturated rings. The topological polar surface area (TPSA) is 73.2 Å². The second-order valence-electron chi connectivity index (χ2n) is 5.91. The summed E-state index contributed by atoms with van der Waals surface area (Å²) in [6.45, 7) is 3.66. The number of nitrogens with one attached hydrogen (secondary N) is 1. The van der Waals surface area contributed by atoms with E-state index in [0.29, 0.717) is 23.4 Å². The lowest BCUT2D eigenvalue weighted by Crippen LogP contribution is -2.22. The molecule has 6 nitrogen and oxygen atoms in total. The van der Waals surface area contributed by atoms with Gasteiger partial charge in [-0.05, 0) is 38.1 Å². The molecule has 6 heteroatoms. The number of para-hydroxylation sites is 1. The van der Waals surface area contributed by atoms with E-state index in [0.717, 1.165) is 16.9 Å². The highest BCUT2D eigenvalue weighted by molar-refractivity contribution is 5.91. The Balaban J connectivity index is 1.72. The smallest absolute Gasteiger partial charge is 0.263 e. The normalized spacial score (nSPS) is 10.4. The summed E-state index contributed by atoms with van der Waals surface area (Å²) in [6, 6.07) is 16.4. The lowest BCUT2D eigenvalue weighted by molar-refractivity contribution is -0.118. The average Bonchev–Trinajstić information content (AvgIpc) is 3.01. The van der Waals surface area contributed by atoms with Gasteiger partial charge in [-0.15, -0.1) is 0 Å². The van der Waals surface area contributed by atoms with Crippen LogP contribution in [-0.4, -0.2) is 28.6 Å². The van der Waals surface area contributed by atoms with Gasteiger partial charge in [0.1, 0.15) is 11.6 Å². The first-order valence-electron chi connectivity index (χ1n) is 8.17. The molecule has 132 valence electrons. The lowest BCUT2D eigenvalue weighted by Gasteiger charge is -2.11. The Morgan fingerprint density at radius 3 is 2.62 bits per heavy atom. The fourth-order valence-electron chi connectivity index (χ4n) is 2.50. The molecule has 0 radical (unpaired) electrons. The van der Waals surface area contributed by atoms with Crippen molar-refractivity contribution in [2.75, 3.05) is 11.9 Å². The van der Waals surface area contributed by atoms with Crippen LogP contribution in [0.4, 0.5) is 5.82 Å². The van der Waals surface area contributed by atoms with Crippen LogP contribution in [0.3, 0.4) is 0 Å². The van der Waals surface area contributed by atoms with Crippen LogP contribution in [0.5, 0.6) is 5.75 Å². The third kappa shape index (κ3) is 3.97. The summed E-state index contributed by atoms with van der Waals surface area (Å²) >= 11 is 0. The molecule has 0 aliphatic carbocycles. The number of nitrogens with zero attached hydrogens (tertiary/aromatic N) is 2. The van der Waals surface area contributed by atoms with Gasteiger partial charge in [-0.2, -0.15) is 5.10 Å². The fraction of sp³-hybridized carbons (Fsp3) is 0.150. The van der Waals surface area contributed by atoms with Crippen molar-refractivity contribution < 1.29 is 14.3 Å². The van der Waals surface area contributed by atoms with Crippen molar-refractivity contribution in [3.05, 3.63) is 71.4 Å². The maximum Gasteiger partial charge on any atom is 0.263 e. The number of carbonyl (C=O) groups excluding carboxylic acids is 2. The van der Waals surface area contributed by atoms with Crippen LogP contribution in [0, 0.1) is 13.8 Å². The number of hydrogen-bond acceptors (Lipinski definition) is 4. The minimum atomic E-state index is -0.334. The van der Waals surface area contributed by atoms with Gasteiger partial charge < -0.3 is 10.1 Å². The van der Waals surface area contributed by atoms with E-state index in [1.165, 1.54) is 0 Å². The predicted octanol–water partition coefficient (Wildman–Crippen LogP) is 3.32. The highest BCUT2D eigenvalue weighted by Gasteiger charge is 2.12. The number of aldehydes is 1. The van der Waals surface area contributed by atoms with E-state index in [1.807, 2.05) is 38.1 Å². The van der Waals surface area contributed by atoms with Gasteiger partial charge in [-0.25, -0.2) is 4.68 Å². The predicted molar refractivity (Wildman–Crippen MR) is 99.0 cm³/mol. The number of anilines is 1. The highest BCUT2D eigenvalue weighted by Crippen LogP contribution is 2.18. The van der Waals surface area contributed by atoms with Gasteiger partial charge in [-0.3, -0.25) is 9.59 Å². The van der Waals surface area contributed by atoms with Crippen LogP contribution in [0.2, 0.25) is 0 Å². The number of carbonyl (C=O) groups is 2. The summed E-state index contributed by atoms with van der Waals surface area (Å²) in [5.74, 6) is 0.600. The second kappa shape index (κ2) is 7.65. The van der Waals surface area contributed by atoms with E-state index in [1.54, 1.807) is 35.0 Å². The van der Waals surface area contributed by atoms with E-state index in [9.17, 15) is 9.59 Å². The minimum Gasteiger partial charge on any atom is -0.483 e. The molecule has 0 aliphatic rings. The molecule has 1 N–H and O–H groups in total. The maximum absolute atomic E-state index is 12.3. The lowest BCUT2D eigenvalue weighted by atomic mass is 10.2. The zero-order valence-electron chi connectivity index (χ0n) is 14.6. The Morgan fingerprint density at radius 2 is 1.88 bits per heavy atom. The van der Waals surface area contributed by atoms with E-state index < -0.39 is 0 Å². The van der Waals surface area contributed by atoms with Crippen LogP contribution >= 0.6 is 0 Å². The Bertz CT molecular complexity index is 930. The Hall–Kier alpha value is -3.41. The molecule has 0 saturated heterocycles. The molecule has 0 atom stereocenters. The first-order valence-corrected chi connectivity index (χ1v) is 8.17. The van der Waals surface area contributed by atoms with E-state index in [4.69, 9.17) is 4.74 Å². The van der Waals surface area contributed by atoms with Gasteiger partial charge in [0.15, 0.2) is 12.9 Å². The van der Waals surface area contributed by atoms with Gasteiger partial charge in [0.2, 0.25) is 0 Å². The molecule has 0 bridgehead atoms. The van der Waals surface area contributed by atoms with Crippen LogP contribution in [0.1, 0.15) is 21.6 Å². The van der Waals surface area contributed by atoms with E-state index in [-0.39, 0.29) is 12.5 Å². The maximum atomic E-state index is 12.3. The summed E-state index contributed by atoms with van der Waals surface area (Å²) in [5.41, 5.74) is 3.19. The molecule has 1 aromatic heterocycles. The van der Waals surface area contributed by atoms with Crippen LogP contribution in [-0.2, 0) is 4.79 Å². The number of aryl methyl sites for hydroxylation is 2. The van der Waals surface area contributed by atoms with Crippen molar-refractivity contribution in [3.63, 3.8) is 0 Å². The zero-order valence-corrected chi connectivity index (χ0v) is 14.6. The van der Waals surface area contributed by atoms with Crippen molar-refractivity contribution in [1.82, 2.24) is 9.78 Å². The van der Waals surface area contributed by atoms with Gasteiger partial charge in [-0.1, -0.05) is 29.8 Å². The molecular formula is C20H19N3O3. The molecule has 0 saturated carbocycles. The molecule has 1 heterocycles. The number of hydrogen-bond donors (Lipinski definition) is 1. The molecule has 1 amide bonds. The minimum absolute atomic E-state index is 0.205. The molecular weight excluding hydrogens is 330 g/mol. The molecule has 0 spiro atoms. The number of ether oxygens (including phenoxy) is 1. The van der Waals surface area contributed by atoms with Crippen LogP contribution in [0.15, 0.2) is 54.6 Å². The number of rotatable bonds is 6. The molecule has 0 unspecified atom stereocenters. The Morgan fingerprint density at radius 1 is 1.15 bits per heavy atom. The van der Waals surface area contributed by atoms with Gasteiger partial charge in [0.25, 0.3) is 5.91 Å². The van der Waals surface area contributed by atoms with Crippen molar-refractivity contribution in [2.24, 2.45) is 0 Å². The van der Waals surface area contributed by atoms with Gasteiger partial charge in [0, 0.05) is 6.07 Å². The molecule has 2 aromatic carbocycles. The Labute approximate surface area is 151 Å². The zero-order chi connectivity index (χ0) is 18.5. The Kier molecular flexibility index (Phi) is 5.12. The summed E-state index contributed by atoms with van der Waals surface area (Å²) in [4.78, 5) is 23.3. The second-order valence-corrected chi connectivity index (χ2v) is 5.91. The highest BCUT2D eigenvalue weighted by atomic mass is 16.5. The van der Waals surface area contributed by atoms with Gasteiger partial charge in [0.05, 0.1) is 16.9 Å². The first-order chi connectivity index (χ1) is 12.6. The third-order valence-electron chi connectivity index (χ3n) is 3.78. The van der Waals surface area contributed by atoms with Crippen molar-refractivity contribution in [2.45, 2.75) is 13.8 Å². The molecule has 26 heavy (non-hydrogen) atoms. The summed E-state index contributed by atoms with van der Waals surface area (Å²) in [6.07, 6.45) is 0.697. The largest absolute Gasteiger partial charge is 0.483 e. The average molecular weight is 349 g/mol. The SMILES string of the molecule is Cc1ccc(-n2nc(C)cc2NC(=O)COc2ccccc2C=O)cc1. The summed E-state index contributed by atoms with van der Waals surface area (Å²) in [5, 5.41) is 7.22. The molecule has 3 rings (SSSR count). The van der Waals surface area contributed by atoms with Crippen molar-refractivity contribution in [1.29, 1.82) is 0 Å². The van der Waals surface area contributed by atoms with Gasteiger partial charge >= 0.3 is 0 Å². The number of benzene rings is 2. The van der Waals surface area contributed by atoms with Crippen LogP contribution < -0.4 is 10.1 Å². The number of aromatic nitrogens is 2. The standard InChI is InChI=1S/C20H19N3O3/c1-14-7-9-17(10-8-14)23-19(11-15(2)22-23)21-20(25)13-26-18-6-4-3-5-16(18)12-24/h3-12H,13H2,1-2H3,(H,21,25). The summed E-state index contributed by atoms with van der Waals surface area (Å²) in [7, 11) is 0. The van der Waals surface area contributed by atoms with Crippen LogP contribution in [0.25, 0.3) is 5.69 Å². The quantitative estimate of drug-likeness (QED) is 0.693. The summed E-state index contributed by atoms with van der Waals surface area (Å²) < 4.78 is 7.13. The molecule has 0 aliphatic heterocycles. The number of amides is 1. The van der Waals surface area contributed by atoms with E-state index in [2.05, 4.69) is 10.4 Å². The first kappa shape index (κ1) is 17.4. The third-order valence-corrected chi connectivity index (χ3v) is 3.78. The van der Waals surface area contributed by atoms with Crippen molar-refractivity contribution >= 4 is 18.0 Å². The van der Waals surface area contributed by atoms with E-state index >= 15 is 0 Å².